The Kier molecular flexibility index (Phi) is 6.93. The molecule has 2 atom stereocenters. The Hall–Kier alpha value is -0.910. The number of aryl methyl sites for hydroxylation is 1. The molecule has 1 aromatic rings. The van der Waals surface area contributed by atoms with Crippen molar-refractivity contribution >= 4 is 0 Å². The van der Waals surface area contributed by atoms with Gasteiger partial charge in [0.25, 0.3) is 0 Å². The van der Waals surface area contributed by atoms with Crippen molar-refractivity contribution in [3.63, 3.8) is 0 Å². The number of hydrogen-bond donors (Lipinski definition) is 2. The van der Waals surface area contributed by atoms with Crippen LogP contribution in [0, 0.1) is 0 Å². The lowest BCUT2D eigenvalue weighted by Crippen LogP contribution is -2.46. The maximum Gasteiger partial charge on any atom is 0.110 e. The predicted molar refractivity (Wildman–Crippen MR) is 73.0 cm³/mol. The number of hydrogen-bond acceptors (Lipinski definition) is 4. The molecule has 0 aliphatic carbocycles. The van der Waals surface area contributed by atoms with Gasteiger partial charge < -0.3 is 9.30 Å². The van der Waals surface area contributed by atoms with E-state index in [0.717, 1.165) is 38.1 Å². The fourth-order valence-electron chi connectivity index (χ4n) is 2.24. The molecule has 3 N–H and O–H groups in total. The van der Waals surface area contributed by atoms with Crippen LogP contribution in [0.4, 0.5) is 0 Å². The van der Waals surface area contributed by atoms with Crippen molar-refractivity contribution in [3.8, 4) is 0 Å². The standard InChI is InChI=1S/C13H26N4O/c1-4-6-12(18-3)11(16-14)10-13-15-7-9-17(13)8-5-2/h7,9,11-12,16H,4-6,8,10,14H2,1-3H3. The number of nitrogens with zero attached hydrogens (tertiary/aromatic N) is 2. The van der Waals surface area contributed by atoms with Gasteiger partial charge in [0, 0.05) is 32.5 Å². The average molecular weight is 254 g/mol. The van der Waals surface area contributed by atoms with Gasteiger partial charge in [-0.05, 0) is 12.8 Å². The van der Waals surface area contributed by atoms with Gasteiger partial charge >= 0.3 is 0 Å². The highest BCUT2D eigenvalue weighted by atomic mass is 16.5. The summed E-state index contributed by atoms with van der Waals surface area (Å²) < 4.78 is 7.70. The molecular formula is C13H26N4O. The van der Waals surface area contributed by atoms with E-state index in [1.54, 1.807) is 7.11 Å². The third-order valence-electron chi connectivity index (χ3n) is 3.21. The van der Waals surface area contributed by atoms with Gasteiger partial charge in [-0.1, -0.05) is 20.3 Å². The van der Waals surface area contributed by atoms with Crippen LogP contribution >= 0.6 is 0 Å². The van der Waals surface area contributed by atoms with E-state index >= 15 is 0 Å². The third-order valence-corrected chi connectivity index (χ3v) is 3.21. The van der Waals surface area contributed by atoms with Crippen molar-refractivity contribution < 1.29 is 4.74 Å². The summed E-state index contributed by atoms with van der Waals surface area (Å²) >= 11 is 0. The number of imidazole rings is 1. The molecule has 2 unspecified atom stereocenters. The average Bonchev–Trinajstić information content (AvgIpc) is 2.81. The largest absolute Gasteiger partial charge is 0.380 e. The van der Waals surface area contributed by atoms with Gasteiger partial charge in [0.1, 0.15) is 5.82 Å². The van der Waals surface area contributed by atoms with Gasteiger partial charge in [0.2, 0.25) is 0 Å². The Balaban J connectivity index is 2.68. The fraction of sp³-hybridized carbons (Fsp3) is 0.769. The minimum atomic E-state index is 0.105. The van der Waals surface area contributed by atoms with E-state index in [0.29, 0.717) is 0 Å². The van der Waals surface area contributed by atoms with E-state index in [1.165, 1.54) is 0 Å². The van der Waals surface area contributed by atoms with Gasteiger partial charge in [-0.15, -0.1) is 0 Å². The van der Waals surface area contributed by atoms with Gasteiger partial charge in [-0.3, -0.25) is 11.3 Å². The number of ether oxygens (including phenoxy) is 1. The number of hydrazine groups is 1. The van der Waals surface area contributed by atoms with Crippen molar-refractivity contribution in [1.82, 2.24) is 15.0 Å². The zero-order chi connectivity index (χ0) is 13.4. The molecule has 0 saturated heterocycles. The highest BCUT2D eigenvalue weighted by Gasteiger charge is 2.21. The number of methoxy groups -OCH3 is 1. The first-order valence-corrected chi connectivity index (χ1v) is 6.75. The monoisotopic (exact) mass is 254 g/mol. The molecule has 104 valence electrons. The molecule has 5 heteroatoms. The molecule has 0 radical (unpaired) electrons. The summed E-state index contributed by atoms with van der Waals surface area (Å²) in [6, 6.07) is 0.105. The fourth-order valence-corrected chi connectivity index (χ4v) is 2.24. The zero-order valence-corrected chi connectivity index (χ0v) is 11.7. The van der Waals surface area contributed by atoms with E-state index in [4.69, 9.17) is 10.6 Å². The molecule has 1 rings (SSSR count). The summed E-state index contributed by atoms with van der Waals surface area (Å²) in [7, 11) is 1.74. The van der Waals surface area contributed by atoms with Crippen molar-refractivity contribution in [2.45, 2.75) is 58.2 Å². The Bertz CT molecular complexity index is 327. The summed E-state index contributed by atoms with van der Waals surface area (Å²) in [5.74, 6) is 6.72. The zero-order valence-electron chi connectivity index (χ0n) is 11.7. The topological polar surface area (TPSA) is 65.1 Å². The molecule has 0 bridgehead atoms. The van der Waals surface area contributed by atoms with Gasteiger partial charge in [0.15, 0.2) is 0 Å². The van der Waals surface area contributed by atoms with E-state index in [-0.39, 0.29) is 12.1 Å². The highest BCUT2D eigenvalue weighted by Crippen LogP contribution is 2.11. The number of nitrogens with two attached hydrogens (primary N) is 1. The number of nitrogens with one attached hydrogen (secondary N) is 1. The summed E-state index contributed by atoms with van der Waals surface area (Å²) in [5.41, 5.74) is 2.87. The summed E-state index contributed by atoms with van der Waals surface area (Å²) in [4.78, 5) is 4.41. The molecule has 5 nitrogen and oxygen atoms in total. The first-order chi connectivity index (χ1) is 8.76. The smallest absolute Gasteiger partial charge is 0.110 e. The van der Waals surface area contributed by atoms with E-state index in [9.17, 15) is 0 Å². The first kappa shape index (κ1) is 15.1. The van der Waals surface area contributed by atoms with E-state index in [2.05, 4.69) is 28.8 Å². The van der Waals surface area contributed by atoms with Crippen LogP contribution < -0.4 is 11.3 Å². The summed E-state index contributed by atoms with van der Waals surface area (Å²) in [5, 5.41) is 0. The van der Waals surface area contributed by atoms with Crippen LogP contribution in [0.25, 0.3) is 0 Å². The predicted octanol–water partition coefficient (Wildman–Crippen LogP) is 1.48. The quantitative estimate of drug-likeness (QED) is 0.517. The van der Waals surface area contributed by atoms with Crippen LogP contribution in [0.5, 0.6) is 0 Å². The molecular weight excluding hydrogens is 228 g/mol. The molecule has 0 aliphatic heterocycles. The minimum Gasteiger partial charge on any atom is -0.380 e. The Morgan fingerprint density at radius 1 is 1.44 bits per heavy atom. The Labute approximate surface area is 110 Å². The molecule has 1 heterocycles. The van der Waals surface area contributed by atoms with Crippen LogP contribution in [0.1, 0.15) is 38.9 Å². The molecule has 0 saturated carbocycles. The second kappa shape index (κ2) is 8.24. The van der Waals surface area contributed by atoms with Crippen LogP contribution in [-0.4, -0.2) is 28.8 Å². The second-order valence-corrected chi connectivity index (χ2v) is 4.58. The Morgan fingerprint density at radius 2 is 2.22 bits per heavy atom. The highest BCUT2D eigenvalue weighted by molar-refractivity contribution is 4.97. The number of aromatic nitrogens is 2. The SMILES string of the molecule is CCCC(OC)C(Cc1nccn1CCC)NN. The molecule has 0 spiro atoms. The van der Waals surface area contributed by atoms with Crippen LogP contribution in [0.15, 0.2) is 12.4 Å². The molecule has 0 aliphatic rings. The van der Waals surface area contributed by atoms with Crippen LogP contribution in [0.3, 0.4) is 0 Å². The lowest BCUT2D eigenvalue weighted by atomic mass is 10.0. The number of rotatable bonds is 9. The van der Waals surface area contributed by atoms with Crippen LogP contribution in [0.2, 0.25) is 0 Å². The molecule has 0 aromatic carbocycles. The maximum absolute atomic E-state index is 5.65. The van der Waals surface area contributed by atoms with Crippen molar-refractivity contribution in [2.24, 2.45) is 5.84 Å². The van der Waals surface area contributed by atoms with Gasteiger partial charge in [-0.2, -0.15) is 0 Å². The van der Waals surface area contributed by atoms with Gasteiger partial charge in [-0.25, -0.2) is 4.98 Å². The molecule has 1 aromatic heterocycles. The minimum absolute atomic E-state index is 0.105. The summed E-state index contributed by atoms with van der Waals surface area (Å²) in [6.45, 7) is 5.31. The Morgan fingerprint density at radius 3 is 2.78 bits per heavy atom. The van der Waals surface area contributed by atoms with E-state index in [1.807, 2.05) is 12.4 Å². The van der Waals surface area contributed by atoms with Crippen molar-refractivity contribution in [2.75, 3.05) is 7.11 Å². The van der Waals surface area contributed by atoms with E-state index < -0.39 is 0 Å². The van der Waals surface area contributed by atoms with Gasteiger partial charge in [0.05, 0.1) is 12.1 Å². The third kappa shape index (κ3) is 4.08. The maximum atomic E-state index is 5.65. The molecule has 18 heavy (non-hydrogen) atoms. The lowest BCUT2D eigenvalue weighted by Gasteiger charge is -2.25. The molecule has 0 fully saturated rings. The first-order valence-electron chi connectivity index (χ1n) is 6.75. The van der Waals surface area contributed by atoms with Crippen LogP contribution in [-0.2, 0) is 17.7 Å². The molecule has 0 amide bonds. The normalized spacial score (nSPS) is 14.7. The summed E-state index contributed by atoms with van der Waals surface area (Å²) in [6.07, 6.45) is 7.98. The second-order valence-electron chi connectivity index (χ2n) is 4.58. The lowest BCUT2D eigenvalue weighted by molar-refractivity contribution is 0.0600. The van der Waals surface area contributed by atoms with Crippen molar-refractivity contribution in [3.05, 3.63) is 18.2 Å². The van der Waals surface area contributed by atoms with Crippen molar-refractivity contribution in [1.29, 1.82) is 0 Å².